The standard InChI is InChI=1S/C27H31F5N8O5/c1-25(7-8-25)44-23-21(37-45-38-23)22(41)36-20(14-3-5-26(28,29)6-4-14)16-11-40-19(34-16)9-15(10-33-40)17(13-43-2)39-12-18(27(30,31)32)35-24(39)42/h9-11,14,17-18,20H,3-8,12-13H2,1-2H3,(H,35,42)(H,36,41)/t17-,18+,20+/m1/s1. The Kier molecular flexibility index (Phi) is 7.81. The van der Waals surface area contributed by atoms with Crippen LogP contribution in [0.1, 0.15) is 79.3 Å². The molecule has 3 aromatic heterocycles. The van der Waals surface area contributed by atoms with E-state index in [1.165, 1.54) is 24.0 Å². The summed E-state index contributed by atoms with van der Waals surface area (Å²) < 4.78 is 85.3. The lowest BCUT2D eigenvalue weighted by Gasteiger charge is -2.33. The number of halogens is 5. The van der Waals surface area contributed by atoms with E-state index in [2.05, 4.69) is 25.7 Å². The summed E-state index contributed by atoms with van der Waals surface area (Å²) in [5.74, 6) is -4.01. The number of hydrogen-bond donors (Lipinski definition) is 2. The molecular formula is C27H31F5N8O5. The molecule has 2 saturated carbocycles. The average Bonchev–Trinajstić information content (AvgIpc) is 3.32. The van der Waals surface area contributed by atoms with Gasteiger partial charge in [0.05, 0.1) is 43.3 Å². The lowest BCUT2D eigenvalue weighted by atomic mass is 9.81. The fourth-order valence-electron chi connectivity index (χ4n) is 5.71. The smallest absolute Gasteiger partial charge is 0.410 e. The van der Waals surface area contributed by atoms with Crippen molar-refractivity contribution in [2.75, 3.05) is 20.3 Å². The summed E-state index contributed by atoms with van der Waals surface area (Å²) in [6, 6.07) is -3.15. The fraction of sp³-hybridized carbons (Fsp3) is 0.630. The van der Waals surface area contributed by atoms with Gasteiger partial charge in [0, 0.05) is 25.5 Å². The molecule has 3 aliphatic rings. The van der Waals surface area contributed by atoms with Crippen LogP contribution in [0, 0.1) is 5.92 Å². The first kappa shape index (κ1) is 30.9. The molecule has 6 rings (SSSR count). The van der Waals surface area contributed by atoms with Gasteiger partial charge in [-0.25, -0.2) is 27.7 Å². The van der Waals surface area contributed by atoms with E-state index in [9.17, 15) is 31.5 Å². The van der Waals surface area contributed by atoms with Gasteiger partial charge in [0.2, 0.25) is 11.6 Å². The second kappa shape index (κ2) is 11.4. The van der Waals surface area contributed by atoms with Gasteiger partial charge in [-0.05, 0) is 54.9 Å². The summed E-state index contributed by atoms with van der Waals surface area (Å²) in [5, 5.41) is 16.5. The predicted molar refractivity (Wildman–Crippen MR) is 142 cm³/mol. The Labute approximate surface area is 252 Å². The van der Waals surface area contributed by atoms with Crippen LogP contribution < -0.4 is 15.4 Å². The van der Waals surface area contributed by atoms with E-state index < -0.39 is 60.2 Å². The van der Waals surface area contributed by atoms with Gasteiger partial charge in [-0.2, -0.15) is 18.3 Å². The van der Waals surface area contributed by atoms with E-state index in [0.29, 0.717) is 11.3 Å². The molecule has 3 aromatic rings. The van der Waals surface area contributed by atoms with Crippen molar-refractivity contribution in [2.45, 2.75) is 81.3 Å². The third-order valence-electron chi connectivity index (χ3n) is 8.59. The molecule has 3 fully saturated rings. The number of nitrogens with zero attached hydrogens (tertiary/aromatic N) is 6. The summed E-state index contributed by atoms with van der Waals surface area (Å²) in [4.78, 5) is 31.6. The van der Waals surface area contributed by atoms with E-state index in [1.54, 1.807) is 6.07 Å². The van der Waals surface area contributed by atoms with Crippen LogP contribution in [-0.2, 0) is 4.74 Å². The molecule has 0 radical (unpaired) electrons. The number of alkyl halides is 5. The molecule has 2 aliphatic carbocycles. The van der Waals surface area contributed by atoms with Crippen molar-refractivity contribution >= 4 is 17.6 Å². The number of ether oxygens (including phenoxy) is 2. The second-order valence-corrected chi connectivity index (χ2v) is 12.0. The number of amides is 3. The molecule has 0 aromatic carbocycles. The van der Waals surface area contributed by atoms with Crippen LogP contribution in [0.3, 0.4) is 0 Å². The molecule has 2 N–H and O–H groups in total. The van der Waals surface area contributed by atoms with Crippen molar-refractivity contribution in [3.63, 3.8) is 0 Å². The van der Waals surface area contributed by atoms with Crippen LogP contribution in [-0.4, -0.2) is 85.8 Å². The van der Waals surface area contributed by atoms with E-state index in [-0.39, 0.29) is 49.5 Å². The zero-order valence-electron chi connectivity index (χ0n) is 24.3. The monoisotopic (exact) mass is 642 g/mol. The van der Waals surface area contributed by atoms with E-state index in [4.69, 9.17) is 14.1 Å². The Morgan fingerprint density at radius 1 is 1.22 bits per heavy atom. The van der Waals surface area contributed by atoms with Gasteiger partial charge >= 0.3 is 12.2 Å². The molecule has 3 atom stereocenters. The highest BCUT2D eigenvalue weighted by Crippen LogP contribution is 2.42. The Balaban J connectivity index is 1.29. The van der Waals surface area contributed by atoms with E-state index >= 15 is 0 Å². The third kappa shape index (κ3) is 6.50. The van der Waals surface area contributed by atoms with Gasteiger partial charge in [0.15, 0.2) is 5.65 Å². The SMILES string of the molecule is COC[C@H](c1cnn2cc([C@@H](NC(=O)c3nonc3OC3(C)CC3)C3CCC(F)(F)CC3)nc2c1)N1C[C@@H](C(F)(F)F)NC1=O. The quantitative estimate of drug-likeness (QED) is 0.313. The molecule has 4 heterocycles. The second-order valence-electron chi connectivity index (χ2n) is 12.0. The molecule has 1 aliphatic heterocycles. The molecule has 45 heavy (non-hydrogen) atoms. The van der Waals surface area contributed by atoms with Gasteiger partial charge in [-0.3, -0.25) is 4.79 Å². The van der Waals surface area contributed by atoms with Crippen molar-refractivity contribution in [3.05, 3.63) is 35.4 Å². The Morgan fingerprint density at radius 2 is 1.96 bits per heavy atom. The molecule has 0 spiro atoms. The molecule has 0 bridgehead atoms. The summed E-state index contributed by atoms with van der Waals surface area (Å²) in [6.45, 7) is 1.12. The van der Waals surface area contributed by atoms with Gasteiger partial charge < -0.3 is 25.0 Å². The van der Waals surface area contributed by atoms with Crippen molar-refractivity contribution < 1.29 is 45.6 Å². The topological polar surface area (TPSA) is 149 Å². The third-order valence-corrected chi connectivity index (χ3v) is 8.59. The molecule has 3 amide bonds. The zero-order chi connectivity index (χ0) is 32.1. The first-order valence-electron chi connectivity index (χ1n) is 14.4. The van der Waals surface area contributed by atoms with Gasteiger partial charge in [-0.1, -0.05) is 0 Å². The minimum Gasteiger partial charge on any atom is -0.467 e. The normalized spacial score (nSPS) is 22.7. The largest absolute Gasteiger partial charge is 0.467 e. The number of imidazole rings is 1. The van der Waals surface area contributed by atoms with Crippen LogP contribution in [0.2, 0.25) is 0 Å². The number of rotatable bonds is 10. The number of carbonyl (C=O) groups is 2. The molecule has 1 saturated heterocycles. The number of methoxy groups -OCH3 is 1. The Hall–Kier alpha value is -4.09. The van der Waals surface area contributed by atoms with Crippen LogP contribution >= 0.6 is 0 Å². The first-order valence-corrected chi connectivity index (χ1v) is 14.4. The molecule has 0 unspecified atom stereocenters. The Bertz CT molecular complexity index is 1560. The minimum absolute atomic E-state index is 0.0781. The van der Waals surface area contributed by atoms with Crippen LogP contribution in [0.5, 0.6) is 5.88 Å². The summed E-state index contributed by atoms with van der Waals surface area (Å²) >= 11 is 0. The summed E-state index contributed by atoms with van der Waals surface area (Å²) in [5.41, 5.74) is 0.264. The first-order chi connectivity index (χ1) is 21.2. The minimum atomic E-state index is -4.63. The Morgan fingerprint density at radius 3 is 2.60 bits per heavy atom. The van der Waals surface area contributed by atoms with Crippen molar-refractivity contribution in [1.29, 1.82) is 0 Å². The number of aromatic nitrogens is 5. The molecule has 244 valence electrons. The van der Waals surface area contributed by atoms with Crippen molar-refractivity contribution in [1.82, 2.24) is 40.4 Å². The highest BCUT2D eigenvalue weighted by molar-refractivity contribution is 5.94. The number of carbonyl (C=O) groups excluding carboxylic acids is 2. The highest BCUT2D eigenvalue weighted by Gasteiger charge is 2.49. The number of urea groups is 1. The average molecular weight is 643 g/mol. The van der Waals surface area contributed by atoms with Crippen LogP contribution in [0.4, 0.5) is 26.7 Å². The van der Waals surface area contributed by atoms with Gasteiger partial charge in [-0.15, -0.1) is 0 Å². The zero-order valence-corrected chi connectivity index (χ0v) is 24.3. The van der Waals surface area contributed by atoms with Gasteiger partial charge in [0.25, 0.3) is 11.8 Å². The predicted octanol–water partition coefficient (Wildman–Crippen LogP) is 3.98. The highest BCUT2D eigenvalue weighted by atomic mass is 19.4. The lowest BCUT2D eigenvalue weighted by molar-refractivity contribution is -0.150. The number of hydrogen-bond acceptors (Lipinski definition) is 9. The van der Waals surface area contributed by atoms with Gasteiger partial charge in [0.1, 0.15) is 11.6 Å². The number of fused-ring (bicyclic) bond motifs is 1. The maximum atomic E-state index is 14.1. The summed E-state index contributed by atoms with van der Waals surface area (Å²) in [7, 11) is 1.36. The van der Waals surface area contributed by atoms with Crippen LogP contribution in [0.15, 0.2) is 23.1 Å². The van der Waals surface area contributed by atoms with E-state index in [1.807, 2.05) is 12.2 Å². The summed E-state index contributed by atoms with van der Waals surface area (Å²) in [6.07, 6.45) is -0.703. The van der Waals surface area contributed by atoms with Crippen LogP contribution in [0.25, 0.3) is 5.65 Å². The van der Waals surface area contributed by atoms with E-state index in [0.717, 1.165) is 17.7 Å². The molecule has 13 nitrogen and oxygen atoms in total. The fourth-order valence-corrected chi connectivity index (χ4v) is 5.71. The molecular weight excluding hydrogens is 611 g/mol. The van der Waals surface area contributed by atoms with Crippen molar-refractivity contribution in [2.24, 2.45) is 5.92 Å². The lowest BCUT2D eigenvalue weighted by Crippen LogP contribution is -2.40. The number of nitrogens with one attached hydrogen (secondary N) is 2. The van der Waals surface area contributed by atoms with Crippen molar-refractivity contribution in [3.8, 4) is 5.88 Å². The molecule has 18 heteroatoms. The maximum Gasteiger partial charge on any atom is 0.410 e. The maximum absolute atomic E-state index is 14.1.